The molecule has 39 heavy (non-hydrogen) atoms. The normalized spacial score (nSPS) is 37.1. The van der Waals surface area contributed by atoms with E-state index in [0.717, 1.165) is 55.5 Å². The molecule has 0 bridgehead atoms. The van der Waals surface area contributed by atoms with Crippen molar-refractivity contribution in [2.45, 2.75) is 118 Å². The van der Waals surface area contributed by atoms with Crippen molar-refractivity contribution in [1.29, 1.82) is 0 Å². The van der Waals surface area contributed by atoms with Crippen molar-refractivity contribution in [3.05, 3.63) is 0 Å². The molecule has 4 unspecified atom stereocenters. The largest absolute Gasteiger partial charge is 0.356 e. The molecule has 0 aromatic heterocycles. The monoisotopic (exact) mass is 566 g/mol. The summed E-state index contributed by atoms with van der Waals surface area (Å²) in [5.41, 5.74) is 1.08. The molecular weight excluding hydrogens is 508 g/mol. The number of hydrogen-bond donors (Lipinski definition) is 2. The maximum atomic E-state index is 12.7. The number of nitrogens with one attached hydrogen (secondary N) is 1. The molecule has 0 radical (unpaired) electrons. The van der Waals surface area contributed by atoms with Crippen LogP contribution in [-0.2, 0) is 14.9 Å². The molecule has 0 heterocycles. The second kappa shape index (κ2) is 13.1. The Bertz CT molecular complexity index is 925. The van der Waals surface area contributed by atoms with Crippen LogP contribution in [0.25, 0.3) is 0 Å². The van der Waals surface area contributed by atoms with Crippen LogP contribution in [0.4, 0.5) is 0 Å². The number of nitrogens with zero attached hydrogens (tertiary/aromatic N) is 1. The highest BCUT2D eigenvalue weighted by molar-refractivity contribution is 7.85. The van der Waals surface area contributed by atoms with E-state index in [9.17, 15) is 13.2 Å². The van der Waals surface area contributed by atoms with E-state index in [-0.39, 0.29) is 11.7 Å². The minimum Gasteiger partial charge on any atom is -0.356 e. The highest BCUT2D eigenvalue weighted by Gasteiger charge is 2.60. The van der Waals surface area contributed by atoms with Gasteiger partial charge < -0.3 is 10.2 Å². The number of amides is 1. The summed E-state index contributed by atoms with van der Waals surface area (Å²) in [5, 5.41) is 3.12. The van der Waals surface area contributed by atoms with Crippen molar-refractivity contribution in [2.75, 3.05) is 31.9 Å². The molecule has 0 saturated heterocycles. The summed E-state index contributed by atoms with van der Waals surface area (Å²) in [4.78, 5) is 14.8. The van der Waals surface area contributed by atoms with Crippen LogP contribution in [0.1, 0.15) is 118 Å². The molecule has 0 spiro atoms. The number of rotatable bonds is 13. The zero-order chi connectivity index (χ0) is 28.3. The Kier molecular flexibility index (Phi) is 10.5. The molecule has 2 N–H and O–H groups in total. The molecule has 0 aliphatic heterocycles. The summed E-state index contributed by atoms with van der Waals surface area (Å²) >= 11 is 0. The molecule has 1 amide bonds. The summed E-state index contributed by atoms with van der Waals surface area (Å²) in [6, 6.07) is 0. The first-order valence-electron chi connectivity index (χ1n) is 16.4. The van der Waals surface area contributed by atoms with Gasteiger partial charge in [-0.05, 0) is 137 Å². The van der Waals surface area contributed by atoms with Crippen LogP contribution in [0.15, 0.2) is 0 Å². The smallest absolute Gasteiger partial charge is 0.264 e. The van der Waals surface area contributed by atoms with Gasteiger partial charge in [-0.25, -0.2) is 0 Å². The zero-order valence-corrected chi connectivity index (χ0v) is 26.2. The van der Waals surface area contributed by atoms with Crippen molar-refractivity contribution in [3.8, 4) is 0 Å². The predicted molar refractivity (Wildman–Crippen MR) is 159 cm³/mol. The second-order valence-corrected chi connectivity index (χ2v) is 16.0. The first-order chi connectivity index (χ1) is 18.5. The summed E-state index contributed by atoms with van der Waals surface area (Å²) < 4.78 is 30.7. The molecule has 4 saturated carbocycles. The standard InChI is InChI=1S/C32H58N2O4S/c1-5-34(22-9-23-39(36,37)38)21-8-20-33-30(35)16-11-24(2)27-14-15-28-26-13-12-25-10-6-7-18-31(25,3)29(26)17-19-32(27,28)4/h24-29H,5-23H2,1-4H3,(H,33,35)(H,36,37,38)/t24-,25?,26?,27-,28?,29?,31+,32-/m1/s1. The van der Waals surface area contributed by atoms with E-state index < -0.39 is 10.1 Å². The van der Waals surface area contributed by atoms with Gasteiger partial charge in [-0.1, -0.05) is 40.5 Å². The molecule has 4 rings (SSSR count). The molecular formula is C32H58N2O4S. The summed E-state index contributed by atoms with van der Waals surface area (Å²) in [5.74, 6) is 5.12. The SMILES string of the molecule is CCN(CCCNC(=O)CC[C@@H](C)[C@H]1CCC2C3CCC4CCCC[C@]4(C)C3CC[C@@]21C)CCCS(=O)(=O)O. The first kappa shape index (κ1) is 31.3. The van der Waals surface area contributed by atoms with E-state index in [0.29, 0.717) is 42.7 Å². The number of hydrogen-bond acceptors (Lipinski definition) is 4. The third-order valence-electron chi connectivity index (χ3n) is 12.5. The molecule has 4 aliphatic rings. The van der Waals surface area contributed by atoms with Gasteiger partial charge in [0, 0.05) is 13.0 Å². The lowest BCUT2D eigenvalue weighted by atomic mass is 9.44. The van der Waals surface area contributed by atoms with E-state index >= 15 is 0 Å². The van der Waals surface area contributed by atoms with Crippen molar-refractivity contribution in [3.63, 3.8) is 0 Å². The van der Waals surface area contributed by atoms with Crippen LogP contribution in [0.5, 0.6) is 0 Å². The van der Waals surface area contributed by atoms with Gasteiger partial charge in [0.15, 0.2) is 0 Å². The Labute approximate surface area is 239 Å². The molecule has 0 aromatic carbocycles. The van der Waals surface area contributed by atoms with Crippen LogP contribution in [0.3, 0.4) is 0 Å². The Balaban J connectivity index is 1.19. The minimum atomic E-state index is -3.89. The van der Waals surface area contributed by atoms with Gasteiger partial charge in [0.2, 0.25) is 5.91 Å². The minimum absolute atomic E-state index is 0.170. The zero-order valence-electron chi connectivity index (χ0n) is 25.4. The fourth-order valence-electron chi connectivity index (χ4n) is 10.3. The topological polar surface area (TPSA) is 86.7 Å². The first-order valence-corrected chi connectivity index (χ1v) is 18.0. The quantitative estimate of drug-likeness (QED) is 0.195. The Morgan fingerprint density at radius 1 is 0.974 bits per heavy atom. The van der Waals surface area contributed by atoms with E-state index in [2.05, 4.69) is 37.9 Å². The maximum absolute atomic E-state index is 12.7. The van der Waals surface area contributed by atoms with Gasteiger partial charge in [0.05, 0.1) is 5.75 Å². The molecule has 4 fully saturated rings. The third-order valence-corrected chi connectivity index (χ3v) is 13.3. The van der Waals surface area contributed by atoms with Gasteiger partial charge in [0.25, 0.3) is 10.1 Å². The van der Waals surface area contributed by atoms with E-state index in [4.69, 9.17) is 4.55 Å². The fourth-order valence-corrected chi connectivity index (χ4v) is 10.8. The van der Waals surface area contributed by atoms with Crippen molar-refractivity contribution in [2.24, 2.45) is 46.3 Å². The van der Waals surface area contributed by atoms with Crippen molar-refractivity contribution >= 4 is 16.0 Å². The highest BCUT2D eigenvalue weighted by Crippen LogP contribution is 2.68. The van der Waals surface area contributed by atoms with Gasteiger partial charge in [-0.2, -0.15) is 8.42 Å². The van der Waals surface area contributed by atoms with Gasteiger partial charge in [-0.3, -0.25) is 9.35 Å². The fraction of sp³-hybridized carbons (Fsp3) is 0.969. The lowest BCUT2D eigenvalue weighted by Crippen LogP contribution is -2.53. The van der Waals surface area contributed by atoms with Crippen LogP contribution in [0.2, 0.25) is 0 Å². The third kappa shape index (κ3) is 7.23. The van der Waals surface area contributed by atoms with Crippen LogP contribution in [0, 0.1) is 46.3 Å². The molecule has 7 heteroatoms. The predicted octanol–water partition coefficient (Wildman–Crippen LogP) is 6.56. The molecule has 0 aromatic rings. The molecule has 8 atom stereocenters. The van der Waals surface area contributed by atoms with E-state index in [1.165, 1.54) is 64.2 Å². The number of carbonyl (C=O) groups is 1. The van der Waals surface area contributed by atoms with Crippen molar-refractivity contribution < 1.29 is 17.8 Å². The van der Waals surface area contributed by atoms with Crippen LogP contribution < -0.4 is 5.32 Å². The average Bonchev–Trinajstić information content (AvgIpc) is 3.25. The lowest BCUT2D eigenvalue weighted by molar-refractivity contribution is -0.122. The van der Waals surface area contributed by atoms with Gasteiger partial charge >= 0.3 is 0 Å². The van der Waals surface area contributed by atoms with Gasteiger partial charge in [-0.15, -0.1) is 0 Å². The highest BCUT2D eigenvalue weighted by atomic mass is 32.2. The second-order valence-electron chi connectivity index (χ2n) is 14.4. The summed E-state index contributed by atoms with van der Waals surface area (Å²) in [6.07, 6.45) is 17.3. The summed E-state index contributed by atoms with van der Waals surface area (Å²) in [7, 11) is -3.89. The summed E-state index contributed by atoms with van der Waals surface area (Å²) in [6.45, 7) is 12.7. The van der Waals surface area contributed by atoms with Crippen molar-refractivity contribution in [1.82, 2.24) is 10.2 Å². The Hall–Kier alpha value is -0.660. The Morgan fingerprint density at radius 3 is 2.46 bits per heavy atom. The molecule has 6 nitrogen and oxygen atoms in total. The van der Waals surface area contributed by atoms with Crippen LogP contribution >= 0.6 is 0 Å². The number of carbonyl (C=O) groups excluding carboxylic acids is 1. The number of fused-ring (bicyclic) bond motifs is 5. The molecule has 226 valence electrons. The van der Waals surface area contributed by atoms with E-state index in [1.807, 2.05) is 0 Å². The average molecular weight is 567 g/mol. The lowest BCUT2D eigenvalue weighted by Gasteiger charge is -2.61. The maximum Gasteiger partial charge on any atom is 0.264 e. The molecule has 4 aliphatic carbocycles. The van der Waals surface area contributed by atoms with E-state index in [1.54, 1.807) is 0 Å². The van der Waals surface area contributed by atoms with Gasteiger partial charge in [0.1, 0.15) is 0 Å². The Morgan fingerprint density at radius 2 is 1.72 bits per heavy atom. The van der Waals surface area contributed by atoms with Crippen LogP contribution in [-0.4, -0.2) is 55.7 Å².